The van der Waals surface area contributed by atoms with E-state index >= 15 is 0 Å². The first-order valence-electron chi connectivity index (χ1n) is 3.39. The molecule has 1 atom stereocenters. The SMILES string of the molecule is N[C@@H]1CN(I)CC12CC2. The zero-order chi connectivity index (χ0) is 6.48. The summed E-state index contributed by atoms with van der Waals surface area (Å²) in [6.07, 6.45) is 2.74. The molecule has 1 heterocycles. The van der Waals surface area contributed by atoms with Crippen LogP contribution in [0.4, 0.5) is 0 Å². The van der Waals surface area contributed by atoms with Crippen molar-refractivity contribution in [1.29, 1.82) is 0 Å². The second kappa shape index (κ2) is 1.83. The van der Waals surface area contributed by atoms with Crippen LogP contribution in [-0.4, -0.2) is 22.2 Å². The number of hydrogen-bond acceptors (Lipinski definition) is 2. The molecule has 2 nitrogen and oxygen atoms in total. The van der Waals surface area contributed by atoms with Gasteiger partial charge in [0.1, 0.15) is 0 Å². The lowest BCUT2D eigenvalue weighted by atomic mass is 10.0. The van der Waals surface area contributed by atoms with Gasteiger partial charge in [0.25, 0.3) is 0 Å². The highest BCUT2D eigenvalue weighted by atomic mass is 127. The Balaban J connectivity index is 2.10. The summed E-state index contributed by atoms with van der Waals surface area (Å²) in [4.78, 5) is 0. The van der Waals surface area contributed by atoms with Gasteiger partial charge in [0.15, 0.2) is 0 Å². The Kier molecular flexibility index (Phi) is 1.29. The lowest BCUT2D eigenvalue weighted by Crippen LogP contribution is -2.29. The second-order valence-electron chi connectivity index (χ2n) is 3.27. The van der Waals surface area contributed by atoms with Gasteiger partial charge in [-0.05, 0) is 12.8 Å². The standard InChI is InChI=1S/C6H11IN2/c7-9-3-5(8)6(4-9)1-2-6/h5H,1-4,8H2/t5-/m1/s1. The maximum atomic E-state index is 5.92. The number of hydrogen-bond donors (Lipinski definition) is 1. The highest BCUT2D eigenvalue weighted by molar-refractivity contribution is 14.1. The monoisotopic (exact) mass is 238 g/mol. The van der Waals surface area contributed by atoms with E-state index in [9.17, 15) is 0 Å². The molecule has 0 radical (unpaired) electrons. The van der Waals surface area contributed by atoms with Crippen molar-refractivity contribution in [3.63, 3.8) is 0 Å². The van der Waals surface area contributed by atoms with Crippen LogP contribution in [0.5, 0.6) is 0 Å². The van der Waals surface area contributed by atoms with Gasteiger partial charge in [-0.1, -0.05) is 0 Å². The molecule has 0 aromatic rings. The smallest absolute Gasteiger partial charge is 0.0246 e. The minimum absolute atomic E-state index is 0.467. The predicted molar refractivity (Wildman–Crippen MR) is 45.2 cm³/mol. The van der Waals surface area contributed by atoms with E-state index in [-0.39, 0.29) is 0 Å². The first-order valence-corrected chi connectivity index (χ1v) is 4.36. The molecular formula is C6H11IN2. The quantitative estimate of drug-likeness (QED) is 0.498. The van der Waals surface area contributed by atoms with E-state index in [1.807, 2.05) is 0 Å². The lowest BCUT2D eigenvalue weighted by molar-refractivity contribution is 0.490. The highest BCUT2D eigenvalue weighted by Gasteiger charge is 2.52. The fraction of sp³-hybridized carbons (Fsp3) is 1.00. The van der Waals surface area contributed by atoms with E-state index in [2.05, 4.69) is 26.0 Å². The minimum Gasteiger partial charge on any atom is -0.326 e. The Morgan fingerprint density at radius 2 is 2.22 bits per heavy atom. The normalized spacial score (nSPS) is 40.0. The maximum absolute atomic E-state index is 5.92. The van der Waals surface area contributed by atoms with Crippen LogP contribution in [0.3, 0.4) is 0 Å². The van der Waals surface area contributed by atoms with Gasteiger partial charge < -0.3 is 5.73 Å². The maximum Gasteiger partial charge on any atom is 0.0246 e. The molecule has 1 aliphatic carbocycles. The summed E-state index contributed by atoms with van der Waals surface area (Å²) >= 11 is 2.37. The summed E-state index contributed by atoms with van der Waals surface area (Å²) in [5, 5.41) is 0. The van der Waals surface area contributed by atoms with E-state index in [4.69, 9.17) is 5.73 Å². The molecule has 1 spiro atoms. The molecule has 0 amide bonds. The summed E-state index contributed by atoms with van der Waals surface area (Å²) in [5.41, 5.74) is 6.49. The van der Waals surface area contributed by atoms with Crippen molar-refractivity contribution in [3.8, 4) is 0 Å². The molecule has 9 heavy (non-hydrogen) atoms. The lowest BCUT2D eigenvalue weighted by Gasteiger charge is -2.08. The van der Waals surface area contributed by atoms with E-state index in [0.29, 0.717) is 11.5 Å². The molecule has 1 saturated heterocycles. The summed E-state index contributed by atoms with van der Waals surface area (Å²) in [6, 6.07) is 0.467. The third kappa shape index (κ3) is 0.897. The molecule has 0 unspecified atom stereocenters. The fourth-order valence-corrected chi connectivity index (χ4v) is 2.72. The van der Waals surface area contributed by atoms with Crippen molar-refractivity contribution in [2.75, 3.05) is 13.1 Å². The van der Waals surface area contributed by atoms with E-state index < -0.39 is 0 Å². The molecule has 0 aromatic heterocycles. The second-order valence-corrected chi connectivity index (χ2v) is 4.64. The van der Waals surface area contributed by atoms with E-state index in [0.717, 1.165) is 6.54 Å². The molecule has 2 aliphatic rings. The predicted octanol–water partition coefficient (Wildman–Crippen LogP) is 0.760. The fourth-order valence-electron chi connectivity index (χ4n) is 1.62. The zero-order valence-electron chi connectivity index (χ0n) is 5.31. The number of nitrogens with zero attached hydrogens (tertiary/aromatic N) is 1. The summed E-state index contributed by atoms with van der Waals surface area (Å²) < 4.78 is 2.31. The largest absolute Gasteiger partial charge is 0.326 e. The Hall–Kier alpha value is 0.650. The van der Waals surface area contributed by atoms with Gasteiger partial charge in [-0.15, -0.1) is 0 Å². The van der Waals surface area contributed by atoms with E-state index in [1.54, 1.807) is 0 Å². The Morgan fingerprint density at radius 1 is 1.56 bits per heavy atom. The molecule has 2 fully saturated rings. The van der Waals surface area contributed by atoms with Crippen LogP contribution in [0.25, 0.3) is 0 Å². The molecule has 1 aliphatic heterocycles. The third-order valence-corrected chi connectivity index (χ3v) is 3.30. The average Bonchev–Trinajstić information content (AvgIpc) is 2.42. The average molecular weight is 238 g/mol. The minimum atomic E-state index is 0.467. The van der Waals surface area contributed by atoms with Crippen LogP contribution in [0.2, 0.25) is 0 Å². The third-order valence-electron chi connectivity index (χ3n) is 2.56. The van der Waals surface area contributed by atoms with Gasteiger partial charge in [0.2, 0.25) is 0 Å². The Labute approximate surface area is 69.3 Å². The highest BCUT2D eigenvalue weighted by Crippen LogP contribution is 2.52. The molecule has 2 N–H and O–H groups in total. The molecule has 0 aromatic carbocycles. The zero-order valence-corrected chi connectivity index (χ0v) is 7.47. The van der Waals surface area contributed by atoms with Crippen LogP contribution in [-0.2, 0) is 0 Å². The van der Waals surface area contributed by atoms with Crippen molar-refractivity contribution in [2.45, 2.75) is 18.9 Å². The van der Waals surface area contributed by atoms with Crippen molar-refractivity contribution in [3.05, 3.63) is 0 Å². The molecular weight excluding hydrogens is 227 g/mol. The van der Waals surface area contributed by atoms with Gasteiger partial charge in [-0.3, -0.25) is 0 Å². The number of halogens is 1. The molecule has 3 heteroatoms. The van der Waals surface area contributed by atoms with Gasteiger partial charge in [-0.2, -0.15) is 0 Å². The first kappa shape index (κ1) is 6.37. The van der Waals surface area contributed by atoms with Crippen molar-refractivity contribution >= 4 is 22.9 Å². The molecule has 52 valence electrons. The van der Waals surface area contributed by atoms with Crippen molar-refractivity contribution < 1.29 is 0 Å². The van der Waals surface area contributed by atoms with Crippen LogP contribution < -0.4 is 5.73 Å². The summed E-state index contributed by atoms with van der Waals surface area (Å²) in [7, 11) is 0. The van der Waals surface area contributed by atoms with Crippen LogP contribution in [0, 0.1) is 5.41 Å². The summed E-state index contributed by atoms with van der Waals surface area (Å²) in [6.45, 7) is 2.33. The van der Waals surface area contributed by atoms with Gasteiger partial charge in [-0.25, -0.2) is 3.11 Å². The molecule has 0 bridgehead atoms. The van der Waals surface area contributed by atoms with Crippen LogP contribution in [0.15, 0.2) is 0 Å². The van der Waals surface area contributed by atoms with Crippen LogP contribution >= 0.6 is 22.9 Å². The van der Waals surface area contributed by atoms with Gasteiger partial charge in [0.05, 0.1) is 0 Å². The Bertz CT molecular complexity index is 133. The van der Waals surface area contributed by atoms with Crippen molar-refractivity contribution in [1.82, 2.24) is 3.11 Å². The molecule has 2 rings (SSSR count). The van der Waals surface area contributed by atoms with Gasteiger partial charge >= 0.3 is 0 Å². The summed E-state index contributed by atoms with van der Waals surface area (Å²) in [5.74, 6) is 0. The van der Waals surface area contributed by atoms with Crippen LogP contribution in [0.1, 0.15) is 12.8 Å². The Morgan fingerprint density at radius 3 is 2.44 bits per heavy atom. The number of nitrogens with two attached hydrogens (primary N) is 1. The number of rotatable bonds is 0. The van der Waals surface area contributed by atoms with Crippen molar-refractivity contribution in [2.24, 2.45) is 11.1 Å². The van der Waals surface area contributed by atoms with Gasteiger partial charge in [0, 0.05) is 47.4 Å². The first-order chi connectivity index (χ1) is 4.23. The molecule has 1 saturated carbocycles. The topological polar surface area (TPSA) is 29.3 Å². The van der Waals surface area contributed by atoms with E-state index in [1.165, 1.54) is 19.4 Å².